The van der Waals surface area contributed by atoms with Crippen molar-refractivity contribution in [2.45, 2.75) is 67.1 Å². The van der Waals surface area contributed by atoms with Crippen LogP contribution < -0.4 is 0 Å². The molecule has 0 bridgehead atoms. The Morgan fingerprint density at radius 2 is 0.519 bits per heavy atom. The van der Waals surface area contributed by atoms with Crippen molar-refractivity contribution in [3.05, 3.63) is 166 Å². The van der Waals surface area contributed by atoms with Gasteiger partial charge in [0.05, 0.1) is 0 Å². The Bertz CT molecular complexity index is 1710. The number of fused-ring (bicyclic) bond motifs is 4. The van der Waals surface area contributed by atoms with Gasteiger partial charge in [0.2, 0.25) is 0 Å². The van der Waals surface area contributed by atoms with Crippen LogP contribution in [0.1, 0.15) is 59.2 Å². The Labute approximate surface area is 338 Å². The molecule has 0 aromatic heterocycles. The van der Waals surface area contributed by atoms with Gasteiger partial charge in [-0.25, -0.2) is 0 Å². The fourth-order valence-electron chi connectivity index (χ4n) is 11.3. The smallest absolute Gasteiger partial charge is 0.147 e. The molecule has 0 amide bonds. The van der Waals surface area contributed by atoms with Crippen molar-refractivity contribution in [3.63, 3.8) is 0 Å². The molecule has 0 spiro atoms. The van der Waals surface area contributed by atoms with Crippen LogP contribution in [-0.2, 0) is 36.6 Å². The minimum atomic E-state index is -2.64. The average Bonchev–Trinajstić information content (AvgIpc) is 3.92. The average molecular weight is 1130 g/mol. The van der Waals surface area contributed by atoms with E-state index in [9.17, 15) is 0 Å². The quantitative estimate of drug-likeness (QED) is 0.154. The van der Waals surface area contributed by atoms with Gasteiger partial charge in [-0.15, -0.1) is 24.8 Å². The maximum Gasteiger partial charge on any atom is -0.147 e. The summed E-state index contributed by atoms with van der Waals surface area (Å²) in [6.45, 7) is 21.5. The zero-order valence-corrected chi connectivity index (χ0v) is 45.7. The standard InChI is InChI=1S/4C9H7.4C2H7Si.2ClH.2Hf/c4*1-2-5-9-7-3-6-8(9)4-1;4*1-3-2;;;;/h4*1-7H;4*3H,1-2H3;2*1H;;. The van der Waals surface area contributed by atoms with Gasteiger partial charge in [-0.1, -0.05) is 0 Å². The molecular formula is C44H58Cl2Hf2Si4. The van der Waals surface area contributed by atoms with E-state index >= 15 is 0 Å². The van der Waals surface area contributed by atoms with Crippen LogP contribution in [0.5, 0.6) is 0 Å². The van der Waals surface area contributed by atoms with Gasteiger partial charge in [-0.2, -0.15) is 0 Å². The van der Waals surface area contributed by atoms with Crippen LogP contribution in [0.25, 0.3) is 24.3 Å². The minimum Gasteiger partial charge on any atom is -0.147 e. The fraction of sp³-hybridized carbons (Fsp3) is 0.273. The second kappa shape index (κ2) is 17.4. The molecule has 0 aliphatic heterocycles. The first kappa shape index (κ1) is 42.2. The molecule has 4 aromatic carbocycles. The second-order valence-electron chi connectivity index (χ2n) is 16.5. The van der Waals surface area contributed by atoms with Crippen molar-refractivity contribution < 1.29 is 36.6 Å². The molecule has 4 aliphatic rings. The monoisotopic (exact) mass is 1130 g/mol. The summed E-state index contributed by atoms with van der Waals surface area (Å²) < 4.78 is 3.23. The SMILES string of the molecule is C[SiH](C)[Hf]([CH]1C=Cc2ccccc21)([CH]1C=Cc2ccccc21)[SiH](C)C.C[SiH](C)[Hf]([CH]1C=Cc2ccccc21)([CH]1C=Cc2ccccc21)[SiH](C)C.Cl.Cl. The Kier molecular flexibility index (Phi) is 14.1. The fourth-order valence-corrected chi connectivity index (χ4v) is 215. The van der Waals surface area contributed by atoms with Crippen LogP contribution in [0, 0.1) is 0 Å². The number of benzene rings is 4. The van der Waals surface area contributed by atoms with Crippen LogP contribution >= 0.6 is 24.8 Å². The number of halogens is 2. The van der Waals surface area contributed by atoms with E-state index in [2.05, 4.69) is 198 Å². The van der Waals surface area contributed by atoms with Gasteiger partial charge >= 0.3 is 318 Å². The molecule has 52 heavy (non-hydrogen) atoms. The summed E-state index contributed by atoms with van der Waals surface area (Å²) in [6.07, 6.45) is 20.3. The van der Waals surface area contributed by atoms with Gasteiger partial charge in [0.1, 0.15) is 0 Å². The van der Waals surface area contributed by atoms with Gasteiger partial charge < -0.3 is 0 Å². The molecule has 0 radical (unpaired) electrons. The van der Waals surface area contributed by atoms with E-state index < -0.39 is 60.5 Å². The van der Waals surface area contributed by atoms with Gasteiger partial charge in [0, 0.05) is 0 Å². The van der Waals surface area contributed by atoms with Crippen molar-refractivity contribution in [2.24, 2.45) is 0 Å². The second-order valence-corrected chi connectivity index (χ2v) is 142. The van der Waals surface area contributed by atoms with Crippen molar-refractivity contribution in [2.75, 3.05) is 0 Å². The molecule has 0 saturated heterocycles. The first-order chi connectivity index (χ1) is 24.1. The summed E-state index contributed by atoms with van der Waals surface area (Å²) in [5.41, 5.74) is 12.7. The summed E-state index contributed by atoms with van der Waals surface area (Å²) in [5, 5.41) is 0. The predicted octanol–water partition coefficient (Wildman–Crippen LogP) is 12.1. The molecule has 4 unspecified atom stereocenters. The van der Waals surface area contributed by atoms with E-state index in [4.69, 9.17) is 0 Å². The topological polar surface area (TPSA) is 0 Å². The minimum absolute atomic E-state index is 0. The van der Waals surface area contributed by atoms with Crippen molar-refractivity contribution >= 4 is 73.1 Å². The van der Waals surface area contributed by atoms with E-state index in [1.165, 1.54) is 22.3 Å². The van der Waals surface area contributed by atoms with Gasteiger partial charge in [-0.05, 0) is 0 Å². The molecule has 0 nitrogen and oxygen atoms in total. The van der Waals surface area contributed by atoms with Crippen LogP contribution in [0.3, 0.4) is 0 Å². The van der Waals surface area contributed by atoms with E-state index in [0.717, 1.165) is 14.7 Å². The Morgan fingerprint density at radius 3 is 0.712 bits per heavy atom. The van der Waals surface area contributed by atoms with Crippen LogP contribution in [0.4, 0.5) is 0 Å². The molecule has 4 atom stereocenters. The normalized spacial score (nSPS) is 20.4. The van der Waals surface area contributed by atoms with E-state index in [-0.39, 0.29) is 24.8 Å². The Morgan fingerprint density at radius 1 is 0.327 bits per heavy atom. The van der Waals surface area contributed by atoms with Gasteiger partial charge in [0.15, 0.2) is 0 Å². The molecule has 272 valence electrons. The first-order valence-corrected chi connectivity index (χ1v) is 63.9. The Balaban J connectivity index is 0.000000194. The van der Waals surface area contributed by atoms with E-state index in [1.54, 1.807) is 22.3 Å². The molecule has 0 fully saturated rings. The molecular weight excluding hydrogens is 1070 g/mol. The summed E-state index contributed by atoms with van der Waals surface area (Å²) >= 11 is -5.28. The van der Waals surface area contributed by atoms with Gasteiger partial charge in [0.25, 0.3) is 0 Å². The number of hydrogen-bond donors (Lipinski definition) is 0. The van der Waals surface area contributed by atoms with Crippen molar-refractivity contribution in [1.82, 2.24) is 0 Å². The molecule has 0 heterocycles. The maximum absolute atomic E-state index is 2.69. The first-order valence-electron chi connectivity index (χ1n) is 19.2. The maximum atomic E-state index is 2.69. The molecule has 0 saturated carbocycles. The van der Waals surface area contributed by atoms with Gasteiger partial charge in [-0.3, -0.25) is 0 Å². The molecule has 0 N–H and O–H groups in total. The van der Waals surface area contributed by atoms with E-state index in [0.29, 0.717) is 0 Å². The summed E-state index contributed by atoms with van der Waals surface area (Å²) in [5.74, 6) is -2.89. The van der Waals surface area contributed by atoms with Crippen molar-refractivity contribution in [1.29, 1.82) is 0 Å². The zero-order valence-electron chi connectivity index (χ0n) is 32.3. The van der Waals surface area contributed by atoms with Crippen LogP contribution in [-0.4, -0.2) is 23.9 Å². The largest absolute Gasteiger partial charge is 0.147 e. The third-order valence-corrected chi connectivity index (χ3v) is 219. The number of allylic oxidation sites excluding steroid dienone is 4. The molecule has 4 aliphatic carbocycles. The van der Waals surface area contributed by atoms with Crippen LogP contribution in [0.15, 0.2) is 121 Å². The summed E-state index contributed by atoms with van der Waals surface area (Å²) in [4.78, 5) is 0. The Hall–Kier alpha value is -0.972. The summed E-state index contributed by atoms with van der Waals surface area (Å²) in [7, 11) is 0. The van der Waals surface area contributed by atoms with Crippen molar-refractivity contribution in [3.8, 4) is 0 Å². The predicted molar refractivity (Wildman–Crippen MR) is 243 cm³/mol. The zero-order chi connectivity index (χ0) is 35.2. The molecule has 4 aromatic rings. The summed E-state index contributed by atoms with van der Waals surface area (Å²) in [6, 6.07) is 36.9. The molecule has 8 heteroatoms. The number of rotatable bonds is 8. The van der Waals surface area contributed by atoms with Crippen LogP contribution in [0.2, 0.25) is 52.4 Å². The third-order valence-electron chi connectivity index (χ3n) is 13.4. The van der Waals surface area contributed by atoms with E-state index in [1.807, 2.05) is 0 Å². The molecule has 8 rings (SSSR count). The third kappa shape index (κ3) is 7.01. The number of hydrogen-bond acceptors (Lipinski definition) is 0.